The van der Waals surface area contributed by atoms with Crippen molar-refractivity contribution < 1.29 is 19.7 Å². The standard InChI is InChI=1S/C26H32ClN5O4S/c1-14(18-10-15(12-32(18)2)17-13-37-25(35)29-17)36-21-11-20(27)30-24(31-21)22(34)16-6-5-9-26(23(16)28)8-4-3-7-19(26)33/h11,13-15,18,28,34H,3-10,12H2,1-2H3,(H,29,35)/b22-16-,28-23?/t14-,15?,18-,26+/m0/s1. The lowest BCUT2D eigenvalue weighted by atomic mass is 9.62. The maximum absolute atomic E-state index is 12.8. The Balaban J connectivity index is 1.35. The maximum atomic E-state index is 12.8. The monoisotopic (exact) mass is 545 g/mol. The summed E-state index contributed by atoms with van der Waals surface area (Å²) < 4.78 is 6.18. The molecule has 2 aromatic rings. The fourth-order valence-electron chi connectivity index (χ4n) is 6.19. The number of likely N-dealkylation sites (N-methyl/N-ethyl adjacent to an activating group) is 1. The Hall–Kier alpha value is -2.56. The molecule has 1 aliphatic heterocycles. The van der Waals surface area contributed by atoms with Gasteiger partial charge in [0.2, 0.25) is 5.88 Å². The van der Waals surface area contributed by atoms with E-state index in [0.29, 0.717) is 31.3 Å². The first-order valence-electron chi connectivity index (χ1n) is 12.8. The quantitative estimate of drug-likeness (QED) is 0.347. The van der Waals surface area contributed by atoms with Crippen LogP contribution < -0.4 is 4.74 Å². The first-order chi connectivity index (χ1) is 17.7. The predicted octanol–water partition coefficient (Wildman–Crippen LogP) is 5.15. The van der Waals surface area contributed by atoms with Crippen molar-refractivity contribution in [2.45, 2.75) is 76.4 Å². The number of aliphatic hydroxyl groups excluding tert-OH is 1. The van der Waals surface area contributed by atoms with E-state index in [-0.39, 0.29) is 57.4 Å². The third kappa shape index (κ3) is 4.98. The smallest absolute Gasteiger partial charge is 0.270 e. The molecule has 0 bridgehead atoms. The number of Topliss-reactive ketones (excluding diaryl/α,β-unsaturated/α-hetero) is 1. The summed E-state index contributed by atoms with van der Waals surface area (Å²) in [6.07, 6.45) is 5.34. The second kappa shape index (κ2) is 10.3. The number of ketones is 1. The molecule has 3 aliphatic rings. The molecular formula is C26H32ClN5O4S. The highest BCUT2D eigenvalue weighted by Gasteiger charge is 2.47. The minimum Gasteiger partial charge on any atom is -0.504 e. The summed E-state index contributed by atoms with van der Waals surface area (Å²) in [5.74, 6) is 0.340. The number of carbonyl (C=O) groups excluding carboxylic acids is 1. The van der Waals surface area contributed by atoms with Crippen LogP contribution >= 0.6 is 22.9 Å². The van der Waals surface area contributed by atoms with E-state index in [1.807, 2.05) is 19.4 Å². The Kier molecular flexibility index (Phi) is 7.26. The molecule has 3 N–H and O–H groups in total. The van der Waals surface area contributed by atoms with E-state index in [4.69, 9.17) is 21.7 Å². The maximum Gasteiger partial charge on any atom is 0.270 e. The molecule has 37 heavy (non-hydrogen) atoms. The lowest BCUT2D eigenvalue weighted by Gasteiger charge is -2.40. The Bertz CT molecular complexity index is 1250. The molecular weight excluding hydrogens is 514 g/mol. The molecule has 11 heteroatoms. The number of hydrogen-bond acceptors (Lipinski definition) is 10. The molecule has 1 saturated heterocycles. The van der Waals surface area contributed by atoms with Crippen LogP contribution in [0.2, 0.25) is 5.15 Å². The van der Waals surface area contributed by atoms with Gasteiger partial charge in [0, 0.05) is 41.9 Å². The molecule has 0 radical (unpaired) electrons. The third-order valence-electron chi connectivity index (χ3n) is 8.15. The van der Waals surface area contributed by atoms with E-state index in [1.165, 1.54) is 17.4 Å². The van der Waals surface area contributed by atoms with Crippen LogP contribution in [0, 0.1) is 10.8 Å². The average molecular weight is 546 g/mol. The first kappa shape index (κ1) is 26.1. The van der Waals surface area contributed by atoms with Gasteiger partial charge in [0.25, 0.3) is 5.19 Å². The van der Waals surface area contributed by atoms with Gasteiger partial charge in [-0.2, -0.15) is 4.98 Å². The zero-order chi connectivity index (χ0) is 26.3. The van der Waals surface area contributed by atoms with Gasteiger partial charge in [0.15, 0.2) is 11.6 Å². The minimum atomic E-state index is -0.802. The number of halogens is 1. The average Bonchev–Trinajstić information content (AvgIpc) is 3.47. The van der Waals surface area contributed by atoms with Crippen molar-refractivity contribution in [3.63, 3.8) is 0 Å². The Labute approximate surface area is 225 Å². The molecule has 9 nitrogen and oxygen atoms in total. The van der Waals surface area contributed by atoms with Crippen molar-refractivity contribution in [2.24, 2.45) is 5.41 Å². The van der Waals surface area contributed by atoms with Crippen LogP contribution in [-0.4, -0.2) is 67.3 Å². The van der Waals surface area contributed by atoms with E-state index in [0.717, 1.165) is 37.9 Å². The zero-order valence-electron chi connectivity index (χ0n) is 21.0. The fourth-order valence-corrected chi connectivity index (χ4v) is 6.99. The van der Waals surface area contributed by atoms with Crippen molar-refractivity contribution in [1.29, 1.82) is 5.41 Å². The van der Waals surface area contributed by atoms with Crippen LogP contribution in [0.15, 0.2) is 17.0 Å². The van der Waals surface area contributed by atoms with Gasteiger partial charge in [-0.15, -0.1) is 0 Å². The number of nitrogens with one attached hydrogen (secondary N) is 1. The molecule has 0 amide bonds. The van der Waals surface area contributed by atoms with Gasteiger partial charge in [0.1, 0.15) is 17.0 Å². The molecule has 4 atom stereocenters. The highest BCUT2D eigenvalue weighted by molar-refractivity contribution is 7.11. The number of hydrogen-bond donors (Lipinski definition) is 3. The Morgan fingerprint density at radius 2 is 2.05 bits per heavy atom. The molecule has 2 saturated carbocycles. The van der Waals surface area contributed by atoms with Crippen molar-refractivity contribution in [1.82, 2.24) is 19.9 Å². The summed E-state index contributed by atoms with van der Waals surface area (Å²) in [5, 5.41) is 31.8. The molecule has 0 aromatic carbocycles. The number of nitrogens with zero attached hydrogens (tertiary/aromatic N) is 4. The molecule has 1 unspecified atom stereocenters. The first-order valence-corrected chi connectivity index (χ1v) is 14.0. The highest BCUT2D eigenvalue weighted by Crippen LogP contribution is 2.46. The number of aromatic nitrogens is 3. The summed E-state index contributed by atoms with van der Waals surface area (Å²) in [6.45, 7) is 2.76. The number of likely N-dealkylation sites (tertiary alicyclic amines) is 1. The van der Waals surface area contributed by atoms with Gasteiger partial charge in [-0.3, -0.25) is 9.69 Å². The SMILES string of the molecule is C[C@H](Oc1cc(Cl)nc(/C(O)=C2\CCC[C@@]3(CCCCC3=O)C2=N)n1)[C@@H]1CC(c2csc(O)n2)CN1C. The second-order valence-corrected chi connectivity index (χ2v) is 11.7. The number of allylic oxidation sites excluding steroid dienone is 1. The van der Waals surface area contributed by atoms with Gasteiger partial charge in [-0.1, -0.05) is 29.4 Å². The lowest BCUT2D eigenvalue weighted by molar-refractivity contribution is -0.128. The summed E-state index contributed by atoms with van der Waals surface area (Å²) in [7, 11) is 2.03. The van der Waals surface area contributed by atoms with Gasteiger partial charge in [-0.05, 0) is 52.5 Å². The molecule has 198 valence electrons. The van der Waals surface area contributed by atoms with Crippen molar-refractivity contribution in [2.75, 3.05) is 13.6 Å². The molecule has 5 rings (SSSR count). The minimum absolute atomic E-state index is 0.00496. The normalized spacial score (nSPS) is 29.1. The van der Waals surface area contributed by atoms with Crippen LogP contribution in [0.5, 0.6) is 11.1 Å². The van der Waals surface area contributed by atoms with Crippen molar-refractivity contribution in [3.05, 3.63) is 33.7 Å². The molecule has 3 fully saturated rings. The van der Waals surface area contributed by atoms with E-state index >= 15 is 0 Å². The highest BCUT2D eigenvalue weighted by atomic mass is 35.5. The second-order valence-electron chi connectivity index (χ2n) is 10.4. The molecule has 1 spiro atoms. The number of carbonyl (C=O) groups is 1. The van der Waals surface area contributed by atoms with Crippen molar-refractivity contribution in [3.8, 4) is 11.1 Å². The molecule has 3 heterocycles. The number of thiazole rings is 1. The van der Waals surface area contributed by atoms with E-state index in [1.54, 1.807) is 0 Å². The van der Waals surface area contributed by atoms with Crippen LogP contribution in [0.25, 0.3) is 5.76 Å². The third-order valence-corrected chi connectivity index (χ3v) is 9.00. The number of aromatic hydroxyl groups is 1. The number of aliphatic hydroxyl groups is 1. The number of rotatable bonds is 5. The van der Waals surface area contributed by atoms with E-state index < -0.39 is 5.41 Å². The predicted molar refractivity (Wildman–Crippen MR) is 142 cm³/mol. The van der Waals surface area contributed by atoms with Gasteiger partial charge < -0.3 is 20.4 Å². The summed E-state index contributed by atoms with van der Waals surface area (Å²) in [5.41, 5.74) is 0.709. The van der Waals surface area contributed by atoms with Gasteiger partial charge in [-0.25, -0.2) is 9.97 Å². The topological polar surface area (TPSA) is 133 Å². The lowest BCUT2D eigenvalue weighted by Crippen LogP contribution is -2.44. The van der Waals surface area contributed by atoms with Crippen molar-refractivity contribution >= 4 is 40.2 Å². The van der Waals surface area contributed by atoms with Crippen LogP contribution in [0.4, 0.5) is 0 Å². The summed E-state index contributed by atoms with van der Waals surface area (Å²) >= 11 is 7.53. The molecule has 2 aliphatic carbocycles. The van der Waals surface area contributed by atoms with Crippen LogP contribution in [0.3, 0.4) is 0 Å². The van der Waals surface area contributed by atoms with E-state index in [2.05, 4.69) is 19.9 Å². The molecule has 2 aromatic heterocycles. The van der Waals surface area contributed by atoms with Crippen LogP contribution in [0.1, 0.15) is 75.7 Å². The summed E-state index contributed by atoms with van der Waals surface area (Å²) in [6, 6.07) is 1.60. The Morgan fingerprint density at radius 3 is 2.78 bits per heavy atom. The fraction of sp³-hybridized carbons (Fsp3) is 0.577. The van der Waals surface area contributed by atoms with Crippen LogP contribution in [-0.2, 0) is 4.79 Å². The summed E-state index contributed by atoms with van der Waals surface area (Å²) in [4.78, 5) is 27.9. The van der Waals surface area contributed by atoms with Gasteiger partial charge in [0.05, 0.1) is 16.8 Å². The largest absolute Gasteiger partial charge is 0.504 e. The Morgan fingerprint density at radius 1 is 1.27 bits per heavy atom. The zero-order valence-corrected chi connectivity index (χ0v) is 22.6. The van der Waals surface area contributed by atoms with E-state index in [9.17, 15) is 15.0 Å². The van der Waals surface area contributed by atoms with Gasteiger partial charge >= 0.3 is 0 Å². The number of ether oxygens (including phenoxy) is 1.